The Hall–Kier alpha value is -4.50. The first kappa shape index (κ1) is 26.1. The highest BCUT2D eigenvalue weighted by atomic mass is 32.1. The second-order valence-corrected chi connectivity index (χ2v) is 9.52. The van der Waals surface area contributed by atoms with Gasteiger partial charge in [-0.25, -0.2) is 4.79 Å². The molecule has 0 radical (unpaired) electrons. The maximum Gasteiger partial charge on any atom is 0.338 e. The zero-order valence-corrected chi connectivity index (χ0v) is 22.6. The molecule has 8 nitrogen and oxygen atoms in total. The molecule has 0 aliphatic carbocycles. The number of hydrogen-bond acceptors (Lipinski definition) is 6. The molecule has 0 unspecified atom stereocenters. The van der Waals surface area contributed by atoms with Gasteiger partial charge in [0.25, 0.3) is 0 Å². The van der Waals surface area contributed by atoms with E-state index < -0.39 is 5.97 Å². The van der Waals surface area contributed by atoms with Gasteiger partial charge in [0.15, 0.2) is 5.11 Å². The molecule has 3 heterocycles. The Morgan fingerprint density at radius 1 is 1.10 bits per heavy atom. The van der Waals surface area contributed by atoms with Gasteiger partial charge < -0.3 is 24.7 Å². The van der Waals surface area contributed by atoms with Crippen LogP contribution < -0.4 is 15.5 Å². The van der Waals surface area contributed by atoms with Gasteiger partial charge in [0, 0.05) is 29.6 Å². The molecule has 39 heavy (non-hydrogen) atoms. The molecule has 1 aliphatic heterocycles. The van der Waals surface area contributed by atoms with Crippen molar-refractivity contribution in [3.63, 3.8) is 0 Å². The van der Waals surface area contributed by atoms with E-state index >= 15 is 0 Å². The average Bonchev–Trinajstić information content (AvgIpc) is 3.58. The number of nitrogens with one attached hydrogen (secondary N) is 2. The second kappa shape index (κ2) is 11.1. The Morgan fingerprint density at radius 3 is 2.62 bits per heavy atom. The smallest absolute Gasteiger partial charge is 0.338 e. The number of nitrogens with zero attached hydrogens (tertiary/aromatic N) is 2. The van der Waals surface area contributed by atoms with Gasteiger partial charge in [-0.15, -0.1) is 0 Å². The molecular weight excluding hydrogens is 512 g/mol. The van der Waals surface area contributed by atoms with Crippen molar-refractivity contribution in [2.45, 2.75) is 32.4 Å². The molecule has 1 aliphatic rings. The Kier molecular flexibility index (Phi) is 7.42. The predicted octanol–water partition coefficient (Wildman–Crippen LogP) is 5.96. The summed E-state index contributed by atoms with van der Waals surface area (Å²) in [6, 6.07) is 21.8. The molecular formula is C30H28N4O4S. The lowest BCUT2D eigenvalue weighted by molar-refractivity contribution is -0.115. The summed E-state index contributed by atoms with van der Waals surface area (Å²) in [6.07, 6.45) is 2.14. The first-order chi connectivity index (χ1) is 18.9. The fourth-order valence-corrected chi connectivity index (χ4v) is 5.09. The maximum atomic E-state index is 12.4. The highest BCUT2D eigenvalue weighted by Gasteiger charge is 2.42. The average molecular weight is 541 g/mol. The quantitative estimate of drug-likeness (QED) is 0.219. The van der Waals surface area contributed by atoms with Gasteiger partial charge in [-0.05, 0) is 73.2 Å². The number of benzene rings is 2. The minimum atomic E-state index is -0.439. The fraction of sp³-hybridized carbons (Fsp3) is 0.200. The van der Waals surface area contributed by atoms with Crippen LogP contribution in [0.5, 0.6) is 0 Å². The summed E-state index contributed by atoms with van der Waals surface area (Å²) in [6.45, 7) is 3.76. The summed E-state index contributed by atoms with van der Waals surface area (Å²) >= 11 is 5.83. The summed E-state index contributed by atoms with van der Waals surface area (Å²) < 4.78 is 11.4. The highest BCUT2D eigenvalue weighted by Crippen LogP contribution is 2.43. The van der Waals surface area contributed by atoms with E-state index in [1.807, 2.05) is 79.4 Å². The van der Waals surface area contributed by atoms with Crippen LogP contribution in [0.1, 0.15) is 52.8 Å². The van der Waals surface area contributed by atoms with Gasteiger partial charge in [-0.2, -0.15) is 0 Å². The van der Waals surface area contributed by atoms with Crippen LogP contribution in [-0.4, -0.2) is 29.1 Å². The Balaban J connectivity index is 1.58. The van der Waals surface area contributed by atoms with Crippen LogP contribution >= 0.6 is 12.2 Å². The van der Waals surface area contributed by atoms with E-state index in [2.05, 4.69) is 15.6 Å². The SMILES string of the molecule is CCC(=O)Nc1ccc(N2C(=S)N[C@@H](c3ccccn3)[C@H]2c2ccc(-c3ccccc3C(=O)OC)o2)cc1C. The summed E-state index contributed by atoms with van der Waals surface area (Å²) in [4.78, 5) is 31.0. The van der Waals surface area contributed by atoms with Crippen LogP contribution in [0.2, 0.25) is 0 Å². The molecule has 0 spiro atoms. The van der Waals surface area contributed by atoms with E-state index in [4.69, 9.17) is 21.4 Å². The standard InChI is InChI=1S/C30H28N4O4S/c1-4-26(35)32-22-13-12-19(17-18(22)2)34-28(27(33-30(34)39)23-11-7-8-16-31-23)25-15-14-24(38-25)20-9-5-6-10-21(20)29(36)37-3/h5-17,27-28H,4H2,1-3H3,(H,32,35)(H,33,39)/t27-,28+/m0/s1. The molecule has 1 amide bonds. The van der Waals surface area contributed by atoms with E-state index in [0.717, 1.165) is 22.6 Å². The van der Waals surface area contributed by atoms with Gasteiger partial charge in [0.2, 0.25) is 5.91 Å². The number of aryl methyl sites for hydroxylation is 1. The largest absolute Gasteiger partial charge is 0.465 e. The maximum absolute atomic E-state index is 12.4. The number of esters is 1. The van der Waals surface area contributed by atoms with Gasteiger partial charge in [-0.3, -0.25) is 9.78 Å². The van der Waals surface area contributed by atoms with Gasteiger partial charge in [-0.1, -0.05) is 31.2 Å². The van der Waals surface area contributed by atoms with Crippen LogP contribution in [0, 0.1) is 6.92 Å². The van der Waals surface area contributed by atoms with Gasteiger partial charge >= 0.3 is 5.97 Å². The third-order valence-electron chi connectivity index (χ3n) is 6.70. The Bertz CT molecular complexity index is 1530. The monoisotopic (exact) mass is 540 g/mol. The molecule has 0 saturated carbocycles. The predicted molar refractivity (Wildman–Crippen MR) is 154 cm³/mol. The van der Waals surface area contributed by atoms with Crippen molar-refractivity contribution in [1.29, 1.82) is 0 Å². The van der Waals surface area contributed by atoms with E-state index in [1.54, 1.807) is 18.3 Å². The number of amides is 1. The highest BCUT2D eigenvalue weighted by molar-refractivity contribution is 7.80. The van der Waals surface area contributed by atoms with E-state index in [9.17, 15) is 9.59 Å². The van der Waals surface area contributed by atoms with Crippen LogP contribution in [0.25, 0.3) is 11.3 Å². The molecule has 5 rings (SSSR count). The number of hydrogen-bond donors (Lipinski definition) is 2. The number of ether oxygens (including phenoxy) is 1. The van der Waals surface area contributed by atoms with Crippen LogP contribution in [0.3, 0.4) is 0 Å². The summed E-state index contributed by atoms with van der Waals surface area (Å²) in [5.74, 6) is 0.699. The van der Waals surface area contributed by atoms with Crippen molar-refractivity contribution < 1.29 is 18.7 Å². The molecule has 9 heteroatoms. The van der Waals surface area contributed by atoms with E-state index in [0.29, 0.717) is 34.2 Å². The van der Waals surface area contributed by atoms with Crippen LogP contribution in [-0.2, 0) is 9.53 Å². The molecule has 1 saturated heterocycles. The minimum absolute atomic E-state index is 0.0485. The number of pyridine rings is 1. The molecule has 2 aromatic heterocycles. The van der Waals surface area contributed by atoms with Crippen molar-refractivity contribution in [2.75, 3.05) is 17.3 Å². The number of thiocarbonyl (C=S) groups is 1. The summed E-state index contributed by atoms with van der Waals surface area (Å²) in [5.41, 5.74) is 4.36. The number of carbonyl (C=O) groups excluding carboxylic acids is 2. The normalized spacial score (nSPS) is 16.6. The van der Waals surface area contributed by atoms with Crippen molar-refractivity contribution in [3.8, 4) is 11.3 Å². The molecule has 198 valence electrons. The minimum Gasteiger partial charge on any atom is -0.465 e. The molecule has 1 fully saturated rings. The van der Waals surface area contributed by atoms with Crippen molar-refractivity contribution in [1.82, 2.24) is 10.3 Å². The lowest BCUT2D eigenvalue weighted by Crippen LogP contribution is -2.29. The fourth-order valence-electron chi connectivity index (χ4n) is 4.74. The second-order valence-electron chi connectivity index (χ2n) is 9.14. The number of aromatic nitrogens is 1. The Morgan fingerprint density at radius 2 is 1.90 bits per heavy atom. The van der Waals surface area contributed by atoms with Crippen molar-refractivity contribution in [3.05, 3.63) is 102 Å². The van der Waals surface area contributed by atoms with Crippen molar-refractivity contribution in [2.24, 2.45) is 0 Å². The van der Waals surface area contributed by atoms with Gasteiger partial charge in [0.05, 0.1) is 24.4 Å². The zero-order chi connectivity index (χ0) is 27.5. The summed E-state index contributed by atoms with van der Waals surface area (Å²) in [5, 5.41) is 6.88. The third-order valence-corrected chi connectivity index (χ3v) is 7.01. The van der Waals surface area contributed by atoms with E-state index in [-0.39, 0.29) is 18.0 Å². The lowest BCUT2D eigenvalue weighted by atomic mass is 10.0. The van der Waals surface area contributed by atoms with E-state index in [1.165, 1.54) is 7.11 Å². The van der Waals surface area contributed by atoms with Crippen molar-refractivity contribution >= 4 is 40.6 Å². The molecule has 2 atom stereocenters. The number of rotatable bonds is 7. The van der Waals surface area contributed by atoms with Crippen LogP contribution in [0.4, 0.5) is 11.4 Å². The van der Waals surface area contributed by atoms with Gasteiger partial charge in [0.1, 0.15) is 17.6 Å². The summed E-state index contributed by atoms with van der Waals surface area (Å²) in [7, 11) is 1.36. The third kappa shape index (κ3) is 5.13. The number of methoxy groups -OCH3 is 1. The molecule has 2 N–H and O–H groups in total. The molecule has 2 aromatic carbocycles. The number of furan rings is 1. The lowest BCUT2D eigenvalue weighted by Gasteiger charge is -2.27. The first-order valence-electron chi connectivity index (χ1n) is 12.6. The Labute approximate surface area is 232 Å². The zero-order valence-electron chi connectivity index (χ0n) is 21.8. The topological polar surface area (TPSA) is 96.7 Å². The number of carbonyl (C=O) groups is 2. The first-order valence-corrected chi connectivity index (χ1v) is 13.0. The molecule has 0 bridgehead atoms. The number of anilines is 2. The van der Waals surface area contributed by atoms with Crippen LogP contribution in [0.15, 0.2) is 83.4 Å². The molecule has 4 aromatic rings.